The van der Waals surface area contributed by atoms with Crippen LogP contribution >= 0.6 is 0 Å². The second kappa shape index (κ2) is 4.82. The van der Waals surface area contributed by atoms with E-state index in [0.29, 0.717) is 5.69 Å². The van der Waals surface area contributed by atoms with Crippen molar-refractivity contribution in [2.24, 2.45) is 0 Å². The summed E-state index contributed by atoms with van der Waals surface area (Å²) in [5.74, 6) is 5.32. The van der Waals surface area contributed by atoms with Gasteiger partial charge in [0.25, 0.3) is 0 Å². The van der Waals surface area contributed by atoms with Crippen LogP contribution in [-0.2, 0) is 0 Å². The summed E-state index contributed by atoms with van der Waals surface area (Å²) in [6, 6.07) is 10.1. The van der Waals surface area contributed by atoms with Crippen LogP contribution in [0.3, 0.4) is 0 Å². The number of furan rings is 1. The van der Waals surface area contributed by atoms with Gasteiger partial charge in [0.15, 0.2) is 5.76 Å². The molecule has 2 aromatic heterocycles. The first kappa shape index (κ1) is 11.9. The molecular formula is C14H7N3O3. The second-order valence-electron chi connectivity index (χ2n) is 3.89. The van der Waals surface area contributed by atoms with Crippen molar-refractivity contribution in [1.29, 1.82) is 0 Å². The van der Waals surface area contributed by atoms with Crippen LogP contribution in [0.15, 0.2) is 47.0 Å². The van der Waals surface area contributed by atoms with Crippen LogP contribution in [0.2, 0.25) is 0 Å². The fraction of sp³-hybridized carbons (Fsp3) is 0. The summed E-state index contributed by atoms with van der Waals surface area (Å²) in [5, 5.41) is 10.5. The van der Waals surface area contributed by atoms with Crippen molar-refractivity contribution in [3.05, 3.63) is 64.2 Å². The molecule has 0 bridgehead atoms. The van der Waals surface area contributed by atoms with Gasteiger partial charge in [0.2, 0.25) is 0 Å². The Morgan fingerprint density at radius 1 is 1.10 bits per heavy atom. The molecule has 0 saturated heterocycles. The number of nitro groups is 1. The van der Waals surface area contributed by atoms with Gasteiger partial charge in [0.1, 0.15) is 10.6 Å². The fourth-order valence-corrected chi connectivity index (χ4v) is 1.64. The fourth-order valence-electron chi connectivity index (χ4n) is 1.64. The van der Waals surface area contributed by atoms with E-state index in [1.807, 2.05) is 24.3 Å². The number of fused-ring (bicyclic) bond motifs is 1. The maximum absolute atomic E-state index is 10.5. The number of benzene rings is 1. The molecule has 0 saturated carbocycles. The minimum Gasteiger partial charge on any atom is -0.392 e. The van der Waals surface area contributed by atoms with Crippen LogP contribution in [0.1, 0.15) is 11.5 Å². The van der Waals surface area contributed by atoms with E-state index in [-0.39, 0.29) is 11.6 Å². The summed E-state index contributed by atoms with van der Waals surface area (Å²) in [4.78, 5) is 18.4. The summed E-state index contributed by atoms with van der Waals surface area (Å²) in [7, 11) is 0. The molecular weight excluding hydrogens is 258 g/mol. The van der Waals surface area contributed by atoms with Gasteiger partial charge in [-0.15, -0.1) is 0 Å². The Balaban J connectivity index is 1.92. The standard InChI is InChI=1S/C14H7N3O3/c18-17(19)14-8-7-11(20-14)6-5-10-9-15-12-3-1-2-4-13(12)16-10/h1-4,7-9H. The van der Waals surface area contributed by atoms with E-state index in [1.54, 1.807) is 6.20 Å². The smallest absolute Gasteiger partial charge is 0.392 e. The molecule has 1 aromatic carbocycles. The van der Waals surface area contributed by atoms with Crippen molar-refractivity contribution < 1.29 is 9.34 Å². The SMILES string of the molecule is O=[N+]([O-])c1ccc(C#Cc2cnc3ccccc3n2)o1. The Labute approximate surface area is 113 Å². The highest BCUT2D eigenvalue weighted by Gasteiger charge is 2.09. The third-order valence-electron chi connectivity index (χ3n) is 2.53. The van der Waals surface area contributed by atoms with E-state index in [0.717, 1.165) is 11.0 Å². The minimum atomic E-state index is -0.610. The van der Waals surface area contributed by atoms with E-state index in [2.05, 4.69) is 21.8 Å². The van der Waals surface area contributed by atoms with Crippen LogP contribution in [-0.4, -0.2) is 14.9 Å². The van der Waals surface area contributed by atoms with Crippen molar-refractivity contribution in [2.45, 2.75) is 0 Å². The third kappa shape index (κ3) is 2.33. The van der Waals surface area contributed by atoms with Gasteiger partial charge in [0, 0.05) is 6.07 Å². The topological polar surface area (TPSA) is 82.1 Å². The summed E-state index contributed by atoms with van der Waals surface area (Å²) in [6.07, 6.45) is 1.55. The number of aromatic nitrogens is 2. The molecule has 0 aliphatic carbocycles. The van der Waals surface area contributed by atoms with Crippen LogP contribution in [0.5, 0.6) is 0 Å². The van der Waals surface area contributed by atoms with E-state index >= 15 is 0 Å². The Bertz CT molecular complexity index is 858. The largest absolute Gasteiger partial charge is 0.434 e. The van der Waals surface area contributed by atoms with Crippen molar-refractivity contribution in [3.8, 4) is 11.8 Å². The Kier molecular flexibility index (Phi) is 2.86. The van der Waals surface area contributed by atoms with Gasteiger partial charge in [-0.25, -0.2) is 4.98 Å². The van der Waals surface area contributed by atoms with Gasteiger partial charge in [-0.3, -0.25) is 15.1 Å². The summed E-state index contributed by atoms with van der Waals surface area (Å²) in [5.41, 5.74) is 2.00. The van der Waals surface area contributed by atoms with Crippen LogP contribution in [0.25, 0.3) is 11.0 Å². The van der Waals surface area contributed by atoms with Gasteiger partial charge in [-0.2, -0.15) is 0 Å². The molecule has 6 nitrogen and oxygen atoms in total. The maximum atomic E-state index is 10.5. The van der Waals surface area contributed by atoms with E-state index in [9.17, 15) is 10.1 Å². The summed E-state index contributed by atoms with van der Waals surface area (Å²) < 4.78 is 4.93. The Morgan fingerprint density at radius 3 is 2.65 bits per heavy atom. The van der Waals surface area contributed by atoms with E-state index in [4.69, 9.17) is 4.42 Å². The van der Waals surface area contributed by atoms with Gasteiger partial charge in [0.05, 0.1) is 23.3 Å². The van der Waals surface area contributed by atoms with Crippen molar-refractivity contribution in [3.63, 3.8) is 0 Å². The minimum absolute atomic E-state index is 0.214. The van der Waals surface area contributed by atoms with Gasteiger partial charge >= 0.3 is 5.88 Å². The highest BCUT2D eigenvalue weighted by Crippen LogP contribution is 2.14. The first-order chi connectivity index (χ1) is 9.72. The first-order valence-electron chi connectivity index (χ1n) is 5.70. The molecule has 96 valence electrons. The van der Waals surface area contributed by atoms with Crippen LogP contribution in [0.4, 0.5) is 5.88 Å². The number of hydrogen-bond acceptors (Lipinski definition) is 5. The van der Waals surface area contributed by atoms with Gasteiger partial charge < -0.3 is 4.42 Å². The molecule has 0 fully saturated rings. The lowest BCUT2D eigenvalue weighted by atomic mass is 10.3. The molecule has 0 N–H and O–H groups in total. The number of hydrogen-bond donors (Lipinski definition) is 0. The summed E-state index contributed by atoms with van der Waals surface area (Å²) in [6.45, 7) is 0. The maximum Gasteiger partial charge on any atom is 0.434 e. The van der Waals surface area contributed by atoms with Crippen molar-refractivity contribution >= 4 is 16.9 Å². The zero-order valence-electron chi connectivity index (χ0n) is 10.1. The van der Waals surface area contributed by atoms with Crippen LogP contribution < -0.4 is 0 Å². The zero-order valence-corrected chi connectivity index (χ0v) is 10.1. The molecule has 3 aromatic rings. The highest BCUT2D eigenvalue weighted by atomic mass is 16.6. The number of para-hydroxylation sites is 2. The predicted molar refractivity (Wildman–Crippen MR) is 70.9 cm³/mol. The number of rotatable bonds is 1. The van der Waals surface area contributed by atoms with Gasteiger partial charge in [-0.1, -0.05) is 12.1 Å². The molecule has 0 atom stereocenters. The average Bonchev–Trinajstić information content (AvgIpc) is 2.94. The molecule has 3 rings (SSSR count). The van der Waals surface area contributed by atoms with Gasteiger partial charge in [-0.05, 0) is 24.0 Å². The Hall–Kier alpha value is -3.20. The lowest BCUT2D eigenvalue weighted by Gasteiger charge is -1.95. The quantitative estimate of drug-likeness (QED) is 0.383. The normalized spacial score (nSPS) is 10.0. The van der Waals surface area contributed by atoms with E-state index in [1.165, 1.54) is 12.1 Å². The second-order valence-corrected chi connectivity index (χ2v) is 3.89. The molecule has 0 aliphatic rings. The van der Waals surface area contributed by atoms with Crippen LogP contribution in [0, 0.1) is 22.0 Å². The average molecular weight is 265 g/mol. The molecule has 2 heterocycles. The molecule has 0 unspecified atom stereocenters. The monoisotopic (exact) mass is 265 g/mol. The molecule has 20 heavy (non-hydrogen) atoms. The highest BCUT2D eigenvalue weighted by molar-refractivity contribution is 5.74. The Morgan fingerprint density at radius 2 is 1.90 bits per heavy atom. The molecule has 0 aliphatic heterocycles. The number of nitrogens with zero attached hydrogens (tertiary/aromatic N) is 3. The molecule has 0 radical (unpaired) electrons. The zero-order chi connectivity index (χ0) is 13.9. The predicted octanol–water partition coefficient (Wildman–Crippen LogP) is 2.53. The lowest BCUT2D eigenvalue weighted by Crippen LogP contribution is -1.87. The first-order valence-corrected chi connectivity index (χ1v) is 5.70. The molecule has 6 heteroatoms. The van der Waals surface area contributed by atoms with Crippen molar-refractivity contribution in [1.82, 2.24) is 9.97 Å². The molecule has 0 amide bonds. The van der Waals surface area contributed by atoms with Crippen molar-refractivity contribution in [2.75, 3.05) is 0 Å². The van der Waals surface area contributed by atoms with E-state index < -0.39 is 4.92 Å². The lowest BCUT2D eigenvalue weighted by molar-refractivity contribution is -0.402. The molecule has 0 spiro atoms. The summed E-state index contributed by atoms with van der Waals surface area (Å²) >= 11 is 0. The third-order valence-corrected chi connectivity index (χ3v) is 2.53.